The Morgan fingerprint density at radius 2 is 2.24 bits per heavy atom. The highest BCUT2D eigenvalue weighted by molar-refractivity contribution is 5.98. The molecule has 0 aliphatic heterocycles. The Morgan fingerprint density at radius 3 is 2.94 bits per heavy atom. The molecular formula is C13H17NO3. The van der Waals surface area contributed by atoms with Crippen molar-refractivity contribution in [3.8, 4) is 0 Å². The van der Waals surface area contributed by atoms with Crippen LogP contribution >= 0.6 is 0 Å². The molecule has 1 fully saturated rings. The highest BCUT2D eigenvalue weighted by atomic mass is 16.5. The Balaban J connectivity index is 1.92. The van der Waals surface area contributed by atoms with Crippen molar-refractivity contribution < 1.29 is 14.3 Å². The van der Waals surface area contributed by atoms with E-state index in [1.165, 1.54) is 12.8 Å². The van der Waals surface area contributed by atoms with Crippen LogP contribution in [0.1, 0.15) is 41.7 Å². The Labute approximate surface area is 100 Å². The molecule has 1 saturated carbocycles. The summed E-state index contributed by atoms with van der Waals surface area (Å²) < 4.78 is 4.62. The van der Waals surface area contributed by atoms with E-state index in [4.69, 9.17) is 0 Å². The smallest absolute Gasteiger partial charge is 0.293 e. The average Bonchev–Trinajstić information content (AvgIpc) is 3.00. The van der Waals surface area contributed by atoms with Crippen LogP contribution in [0.25, 0.3) is 0 Å². The zero-order valence-corrected chi connectivity index (χ0v) is 9.78. The van der Waals surface area contributed by atoms with Crippen LogP contribution in [0.15, 0.2) is 12.3 Å². The second-order valence-electron chi connectivity index (χ2n) is 4.48. The van der Waals surface area contributed by atoms with E-state index in [1.54, 1.807) is 6.20 Å². The summed E-state index contributed by atoms with van der Waals surface area (Å²) in [5.74, 6) is 0.464. The van der Waals surface area contributed by atoms with Crippen LogP contribution in [0, 0.1) is 5.92 Å². The van der Waals surface area contributed by atoms with Crippen LogP contribution < -0.4 is 0 Å². The van der Waals surface area contributed by atoms with Crippen molar-refractivity contribution in [1.82, 2.24) is 4.98 Å². The van der Waals surface area contributed by atoms with Crippen LogP contribution in [0.2, 0.25) is 0 Å². The number of aromatic nitrogens is 1. The third kappa shape index (κ3) is 2.96. The Bertz CT molecular complexity index is 391. The molecule has 0 atom stereocenters. The fourth-order valence-electron chi connectivity index (χ4n) is 2.37. The summed E-state index contributed by atoms with van der Waals surface area (Å²) >= 11 is 0. The third-order valence-electron chi connectivity index (χ3n) is 3.31. The lowest BCUT2D eigenvalue weighted by atomic mass is 9.98. The van der Waals surface area contributed by atoms with Crippen molar-refractivity contribution in [2.24, 2.45) is 5.92 Å². The standard InChI is InChI=1S/C13H17NO3/c15-9-17-6-5-12-7-11(8-14-12)13(16)10-3-1-2-4-10/h7-10,14H,1-6H2. The minimum atomic E-state index is 0.213. The van der Waals surface area contributed by atoms with Gasteiger partial charge in [-0.1, -0.05) is 12.8 Å². The first-order chi connectivity index (χ1) is 8.31. The van der Waals surface area contributed by atoms with Crippen LogP contribution in [0.3, 0.4) is 0 Å². The van der Waals surface area contributed by atoms with Gasteiger partial charge in [-0.05, 0) is 18.9 Å². The number of hydrogen-bond acceptors (Lipinski definition) is 3. The third-order valence-corrected chi connectivity index (χ3v) is 3.31. The minimum Gasteiger partial charge on any atom is -0.467 e. The maximum Gasteiger partial charge on any atom is 0.293 e. The van der Waals surface area contributed by atoms with E-state index in [2.05, 4.69) is 9.72 Å². The van der Waals surface area contributed by atoms with E-state index in [1.807, 2.05) is 6.07 Å². The lowest BCUT2D eigenvalue weighted by Gasteiger charge is -2.04. The van der Waals surface area contributed by atoms with E-state index >= 15 is 0 Å². The molecule has 0 radical (unpaired) electrons. The number of nitrogens with one attached hydrogen (secondary N) is 1. The van der Waals surface area contributed by atoms with Crippen molar-refractivity contribution in [2.75, 3.05) is 6.61 Å². The van der Waals surface area contributed by atoms with E-state index in [0.717, 1.165) is 24.1 Å². The van der Waals surface area contributed by atoms with Crippen LogP contribution in [0.5, 0.6) is 0 Å². The van der Waals surface area contributed by atoms with Crippen molar-refractivity contribution in [3.63, 3.8) is 0 Å². The molecule has 0 spiro atoms. The monoisotopic (exact) mass is 235 g/mol. The summed E-state index contributed by atoms with van der Waals surface area (Å²) in [6, 6.07) is 1.87. The molecule has 4 nitrogen and oxygen atoms in total. The number of rotatable bonds is 6. The van der Waals surface area contributed by atoms with E-state index < -0.39 is 0 Å². The van der Waals surface area contributed by atoms with Gasteiger partial charge in [0.25, 0.3) is 6.47 Å². The van der Waals surface area contributed by atoms with Gasteiger partial charge < -0.3 is 9.72 Å². The number of aromatic amines is 1. The summed E-state index contributed by atoms with van der Waals surface area (Å²) in [7, 11) is 0. The summed E-state index contributed by atoms with van der Waals surface area (Å²) in [6.07, 6.45) is 6.76. The van der Waals surface area contributed by atoms with Crippen LogP contribution in [-0.2, 0) is 16.0 Å². The molecule has 1 aliphatic rings. The number of ketones is 1. The van der Waals surface area contributed by atoms with Gasteiger partial charge in [-0.15, -0.1) is 0 Å². The molecule has 92 valence electrons. The highest BCUT2D eigenvalue weighted by Crippen LogP contribution is 2.28. The highest BCUT2D eigenvalue weighted by Gasteiger charge is 2.24. The Kier molecular flexibility index (Phi) is 3.96. The van der Waals surface area contributed by atoms with E-state index in [-0.39, 0.29) is 11.7 Å². The lowest BCUT2D eigenvalue weighted by Crippen LogP contribution is -2.09. The predicted octanol–water partition coefficient (Wildman–Crippen LogP) is 2.10. The maximum atomic E-state index is 12.1. The average molecular weight is 235 g/mol. The topological polar surface area (TPSA) is 59.2 Å². The Hall–Kier alpha value is -1.58. The maximum absolute atomic E-state index is 12.1. The molecule has 0 unspecified atom stereocenters. The van der Waals surface area contributed by atoms with Crippen LogP contribution in [-0.4, -0.2) is 23.8 Å². The number of H-pyrrole nitrogens is 1. The van der Waals surface area contributed by atoms with Gasteiger partial charge in [0.2, 0.25) is 0 Å². The first-order valence-electron chi connectivity index (χ1n) is 6.08. The van der Waals surface area contributed by atoms with Gasteiger partial charge in [-0.3, -0.25) is 9.59 Å². The van der Waals surface area contributed by atoms with Gasteiger partial charge in [0.1, 0.15) is 0 Å². The molecule has 0 aromatic carbocycles. The van der Waals surface area contributed by atoms with Crippen molar-refractivity contribution in [2.45, 2.75) is 32.1 Å². The number of carbonyl (C=O) groups excluding carboxylic acids is 2. The quantitative estimate of drug-likeness (QED) is 0.466. The molecule has 0 saturated heterocycles. The summed E-state index contributed by atoms with van der Waals surface area (Å²) in [5, 5.41) is 0. The molecule has 0 amide bonds. The van der Waals surface area contributed by atoms with Gasteiger partial charge in [0.05, 0.1) is 6.61 Å². The molecule has 0 bridgehead atoms. The number of ether oxygens (including phenoxy) is 1. The predicted molar refractivity (Wildman–Crippen MR) is 62.8 cm³/mol. The minimum absolute atomic E-state index is 0.213. The summed E-state index contributed by atoms with van der Waals surface area (Å²) in [5.41, 5.74) is 1.70. The van der Waals surface area contributed by atoms with E-state index in [9.17, 15) is 9.59 Å². The first-order valence-corrected chi connectivity index (χ1v) is 6.08. The van der Waals surface area contributed by atoms with Gasteiger partial charge >= 0.3 is 0 Å². The molecule has 2 rings (SSSR count). The number of carbonyl (C=O) groups is 2. The van der Waals surface area contributed by atoms with E-state index in [0.29, 0.717) is 19.5 Å². The molecule has 17 heavy (non-hydrogen) atoms. The molecule has 1 N–H and O–H groups in total. The zero-order valence-electron chi connectivity index (χ0n) is 9.78. The van der Waals surface area contributed by atoms with Gasteiger partial charge in [-0.25, -0.2) is 0 Å². The van der Waals surface area contributed by atoms with Crippen molar-refractivity contribution >= 4 is 12.3 Å². The van der Waals surface area contributed by atoms with Crippen LogP contribution in [0.4, 0.5) is 0 Å². The zero-order chi connectivity index (χ0) is 12.1. The summed E-state index contributed by atoms with van der Waals surface area (Å²) in [6.45, 7) is 0.786. The SMILES string of the molecule is O=COCCc1cc(C(=O)C2CCCC2)c[nH]1. The van der Waals surface area contributed by atoms with Crippen molar-refractivity contribution in [1.29, 1.82) is 0 Å². The Morgan fingerprint density at radius 1 is 1.47 bits per heavy atom. The number of Topliss-reactive ketones (excluding diaryl/α,β-unsaturated/α-hetero) is 1. The molecule has 1 aromatic rings. The molecule has 1 aromatic heterocycles. The largest absolute Gasteiger partial charge is 0.467 e. The molecule has 1 heterocycles. The molecular weight excluding hydrogens is 218 g/mol. The second kappa shape index (κ2) is 5.66. The fourth-order valence-corrected chi connectivity index (χ4v) is 2.37. The first kappa shape index (κ1) is 11.9. The van der Waals surface area contributed by atoms with Gasteiger partial charge in [0, 0.05) is 29.8 Å². The lowest BCUT2D eigenvalue weighted by molar-refractivity contribution is -0.128. The molecule has 4 heteroatoms. The number of hydrogen-bond donors (Lipinski definition) is 1. The molecule has 1 aliphatic carbocycles. The fraction of sp³-hybridized carbons (Fsp3) is 0.538. The summed E-state index contributed by atoms with van der Waals surface area (Å²) in [4.78, 5) is 25.1. The second-order valence-corrected chi connectivity index (χ2v) is 4.48. The normalized spacial score (nSPS) is 16.0. The van der Waals surface area contributed by atoms with Gasteiger partial charge in [-0.2, -0.15) is 0 Å². The van der Waals surface area contributed by atoms with Crippen molar-refractivity contribution in [3.05, 3.63) is 23.5 Å². The van der Waals surface area contributed by atoms with Gasteiger partial charge in [0.15, 0.2) is 5.78 Å².